The van der Waals surface area contributed by atoms with Crippen molar-refractivity contribution in [2.45, 2.75) is 19.5 Å². The molecule has 0 fully saturated rings. The molecule has 2 aromatic carbocycles. The minimum absolute atomic E-state index is 0.227. The Kier molecular flexibility index (Phi) is 4.22. The Morgan fingerprint density at radius 2 is 2.00 bits per heavy atom. The molecule has 22 heavy (non-hydrogen) atoms. The predicted molar refractivity (Wildman–Crippen MR) is 92.0 cm³/mol. The van der Waals surface area contributed by atoms with Crippen molar-refractivity contribution < 1.29 is 4.79 Å². The quantitative estimate of drug-likeness (QED) is 0.752. The molecule has 112 valence electrons. The van der Waals surface area contributed by atoms with Crippen molar-refractivity contribution in [2.24, 2.45) is 5.73 Å². The van der Waals surface area contributed by atoms with E-state index in [0.717, 1.165) is 11.4 Å². The molecule has 4 heteroatoms. The highest BCUT2D eigenvalue weighted by molar-refractivity contribution is 7.10. The lowest BCUT2D eigenvalue weighted by atomic mass is 10.00. The van der Waals surface area contributed by atoms with Crippen molar-refractivity contribution in [3.05, 3.63) is 69.9 Å². The first kappa shape index (κ1) is 14.8. The zero-order valence-corrected chi connectivity index (χ0v) is 13.2. The molecular formula is C18H18N2OS. The van der Waals surface area contributed by atoms with Crippen LogP contribution in [0.15, 0.2) is 53.9 Å². The van der Waals surface area contributed by atoms with Gasteiger partial charge in [-0.3, -0.25) is 4.79 Å². The first-order valence-corrected chi connectivity index (χ1v) is 8.11. The van der Waals surface area contributed by atoms with Gasteiger partial charge >= 0.3 is 0 Å². The lowest BCUT2D eigenvalue weighted by Gasteiger charge is -2.16. The summed E-state index contributed by atoms with van der Waals surface area (Å²) >= 11 is 1.56. The molecule has 0 unspecified atom stereocenters. The van der Waals surface area contributed by atoms with E-state index in [1.165, 1.54) is 16.3 Å². The molecule has 3 nitrogen and oxygen atoms in total. The largest absolute Gasteiger partial charge is 0.366 e. The van der Waals surface area contributed by atoms with E-state index >= 15 is 0 Å². The predicted octanol–water partition coefficient (Wildman–Crippen LogP) is 3.85. The number of nitrogens with one attached hydrogen (secondary N) is 1. The van der Waals surface area contributed by atoms with Crippen LogP contribution in [0.4, 0.5) is 0 Å². The van der Waals surface area contributed by atoms with E-state index in [0.29, 0.717) is 5.56 Å². The number of carbonyl (C=O) groups excluding carboxylic acids is 1. The van der Waals surface area contributed by atoms with Gasteiger partial charge in [-0.1, -0.05) is 42.5 Å². The normalized spacial score (nSPS) is 12.4. The Labute approximate surface area is 133 Å². The van der Waals surface area contributed by atoms with Gasteiger partial charge in [-0.2, -0.15) is 0 Å². The number of carbonyl (C=O) groups is 1. The summed E-state index contributed by atoms with van der Waals surface area (Å²) in [4.78, 5) is 12.2. The summed E-state index contributed by atoms with van der Waals surface area (Å²) in [6.45, 7) is 2.88. The molecule has 0 aliphatic carbocycles. The summed E-state index contributed by atoms with van der Waals surface area (Å²) in [5.74, 6) is -0.371. The zero-order valence-electron chi connectivity index (χ0n) is 12.4. The Morgan fingerprint density at radius 1 is 1.23 bits per heavy atom. The number of hydrogen-bond acceptors (Lipinski definition) is 3. The van der Waals surface area contributed by atoms with Gasteiger partial charge in [-0.25, -0.2) is 0 Å². The molecule has 3 N–H and O–H groups in total. The van der Waals surface area contributed by atoms with Crippen LogP contribution in [-0.4, -0.2) is 5.91 Å². The lowest BCUT2D eigenvalue weighted by molar-refractivity contribution is 0.100. The first-order chi connectivity index (χ1) is 10.6. The van der Waals surface area contributed by atoms with Gasteiger partial charge in [0.05, 0.1) is 5.56 Å². The Balaban J connectivity index is 1.75. The van der Waals surface area contributed by atoms with Crippen molar-refractivity contribution in [3.8, 4) is 0 Å². The van der Waals surface area contributed by atoms with E-state index in [9.17, 15) is 4.79 Å². The molecule has 3 aromatic rings. The molecule has 0 aliphatic heterocycles. The average Bonchev–Trinajstić information content (AvgIpc) is 3.01. The van der Waals surface area contributed by atoms with E-state index < -0.39 is 0 Å². The minimum Gasteiger partial charge on any atom is -0.366 e. The highest BCUT2D eigenvalue weighted by Crippen LogP contribution is 2.24. The molecule has 1 amide bonds. The molecule has 3 rings (SSSR count). The van der Waals surface area contributed by atoms with Crippen molar-refractivity contribution in [3.63, 3.8) is 0 Å². The molecule has 0 bridgehead atoms. The fraction of sp³-hybridized carbons (Fsp3) is 0.167. The number of amides is 1. The van der Waals surface area contributed by atoms with Crippen molar-refractivity contribution >= 4 is 28.0 Å². The summed E-state index contributed by atoms with van der Waals surface area (Å²) < 4.78 is 0. The first-order valence-electron chi connectivity index (χ1n) is 7.23. The molecule has 0 saturated carbocycles. The van der Waals surface area contributed by atoms with Gasteiger partial charge in [0.1, 0.15) is 0 Å². The topological polar surface area (TPSA) is 55.1 Å². The Hall–Kier alpha value is -2.17. The Bertz CT molecular complexity index is 804. The summed E-state index contributed by atoms with van der Waals surface area (Å²) in [6.07, 6.45) is 0. The van der Waals surface area contributed by atoms with Crippen LogP contribution in [0.1, 0.15) is 33.8 Å². The lowest BCUT2D eigenvalue weighted by Crippen LogP contribution is -2.17. The molecule has 1 heterocycles. The van der Waals surface area contributed by atoms with Gasteiger partial charge in [-0.05, 0) is 29.3 Å². The van der Waals surface area contributed by atoms with Crippen molar-refractivity contribution in [1.29, 1.82) is 0 Å². The molecule has 0 saturated heterocycles. The number of thiophene rings is 1. The molecule has 0 spiro atoms. The van der Waals surface area contributed by atoms with Gasteiger partial charge < -0.3 is 11.1 Å². The van der Waals surface area contributed by atoms with Crippen molar-refractivity contribution in [2.75, 3.05) is 0 Å². The van der Waals surface area contributed by atoms with Crippen LogP contribution in [0, 0.1) is 0 Å². The molecule has 0 aliphatic rings. The van der Waals surface area contributed by atoms with Gasteiger partial charge in [0.25, 0.3) is 0 Å². The van der Waals surface area contributed by atoms with E-state index in [-0.39, 0.29) is 11.9 Å². The fourth-order valence-corrected chi connectivity index (χ4v) is 3.42. The Morgan fingerprint density at radius 3 is 2.77 bits per heavy atom. The third kappa shape index (κ3) is 3.03. The second-order valence-electron chi connectivity index (χ2n) is 5.34. The summed E-state index contributed by atoms with van der Waals surface area (Å²) in [5, 5.41) is 7.85. The molecule has 1 aromatic heterocycles. The van der Waals surface area contributed by atoms with Crippen LogP contribution < -0.4 is 11.1 Å². The maximum Gasteiger partial charge on any atom is 0.249 e. The number of benzene rings is 2. The maximum atomic E-state index is 11.1. The third-order valence-corrected chi connectivity index (χ3v) is 4.75. The monoisotopic (exact) mass is 310 g/mol. The van der Waals surface area contributed by atoms with Crippen molar-refractivity contribution in [1.82, 2.24) is 5.32 Å². The van der Waals surface area contributed by atoms with Gasteiger partial charge in [-0.15, -0.1) is 11.3 Å². The zero-order chi connectivity index (χ0) is 15.5. The second kappa shape index (κ2) is 6.30. The van der Waals surface area contributed by atoms with Crippen LogP contribution in [0.3, 0.4) is 0 Å². The minimum atomic E-state index is -0.371. The standard InChI is InChI=1S/C18H18N2OS/c1-12(20-10-15-9-14(11-22-15)18(19)21)16-8-4-6-13-5-2-3-7-17(13)16/h2-9,11-12,20H,10H2,1H3,(H2,19,21)/t12-/m1/s1. The average molecular weight is 310 g/mol. The number of nitrogens with two attached hydrogens (primary N) is 1. The highest BCUT2D eigenvalue weighted by atomic mass is 32.1. The summed E-state index contributed by atoms with van der Waals surface area (Å²) in [5.41, 5.74) is 7.15. The molecular weight excluding hydrogens is 292 g/mol. The SMILES string of the molecule is C[C@@H](NCc1cc(C(N)=O)cs1)c1cccc2ccccc12. The number of hydrogen-bond donors (Lipinski definition) is 2. The number of fused-ring (bicyclic) bond motifs is 1. The maximum absolute atomic E-state index is 11.1. The number of rotatable bonds is 5. The third-order valence-electron chi connectivity index (χ3n) is 3.81. The van der Waals surface area contributed by atoms with Gasteiger partial charge in [0, 0.05) is 22.8 Å². The van der Waals surface area contributed by atoms with E-state index in [1.807, 2.05) is 11.4 Å². The van der Waals surface area contributed by atoms with Gasteiger partial charge in [0.15, 0.2) is 0 Å². The van der Waals surface area contributed by atoms with Gasteiger partial charge in [0.2, 0.25) is 5.91 Å². The second-order valence-corrected chi connectivity index (χ2v) is 6.33. The van der Waals surface area contributed by atoms with Crippen LogP contribution in [0.2, 0.25) is 0 Å². The van der Waals surface area contributed by atoms with E-state index in [1.54, 1.807) is 11.3 Å². The van der Waals surface area contributed by atoms with Crippen LogP contribution in [0.5, 0.6) is 0 Å². The molecule has 1 atom stereocenters. The van der Waals surface area contributed by atoms with Crippen LogP contribution in [-0.2, 0) is 6.54 Å². The summed E-state index contributed by atoms with van der Waals surface area (Å²) in [6, 6.07) is 16.9. The van der Waals surface area contributed by atoms with E-state index in [4.69, 9.17) is 5.73 Å². The smallest absolute Gasteiger partial charge is 0.249 e. The fourth-order valence-electron chi connectivity index (χ4n) is 2.59. The van der Waals surface area contributed by atoms with Crippen LogP contribution in [0.25, 0.3) is 10.8 Å². The number of primary amides is 1. The molecule has 0 radical (unpaired) electrons. The van der Waals surface area contributed by atoms with Crippen LogP contribution >= 0.6 is 11.3 Å². The highest BCUT2D eigenvalue weighted by Gasteiger charge is 2.10. The summed E-state index contributed by atoms with van der Waals surface area (Å²) in [7, 11) is 0. The van der Waals surface area contributed by atoms with E-state index in [2.05, 4.69) is 54.7 Å².